The van der Waals surface area contributed by atoms with E-state index in [1.54, 1.807) is 17.8 Å². The SMILES string of the molecule is O=C(O)c1ccc(Sc2ccc(Br)cc2)cc1I. The molecule has 0 aromatic heterocycles. The molecule has 0 amide bonds. The second-order valence-electron chi connectivity index (χ2n) is 3.50. The van der Waals surface area contributed by atoms with E-state index in [9.17, 15) is 4.79 Å². The topological polar surface area (TPSA) is 37.3 Å². The molecule has 0 bridgehead atoms. The van der Waals surface area contributed by atoms with Crippen LogP contribution < -0.4 is 0 Å². The normalized spacial score (nSPS) is 10.3. The van der Waals surface area contributed by atoms with Gasteiger partial charge in [-0.05, 0) is 65.1 Å². The van der Waals surface area contributed by atoms with Crippen molar-refractivity contribution >= 4 is 56.3 Å². The van der Waals surface area contributed by atoms with Crippen LogP contribution in [0.5, 0.6) is 0 Å². The molecule has 5 heteroatoms. The van der Waals surface area contributed by atoms with E-state index in [0.717, 1.165) is 17.8 Å². The number of halogens is 2. The molecule has 2 aromatic carbocycles. The standard InChI is InChI=1S/C13H8BrIO2S/c14-8-1-3-9(4-2-8)18-10-5-6-11(13(16)17)12(15)7-10/h1-7H,(H,16,17). The summed E-state index contributed by atoms with van der Waals surface area (Å²) in [6.45, 7) is 0. The van der Waals surface area contributed by atoms with Gasteiger partial charge in [0.1, 0.15) is 0 Å². The van der Waals surface area contributed by atoms with Crippen LogP contribution in [0, 0.1) is 3.57 Å². The van der Waals surface area contributed by atoms with Gasteiger partial charge in [-0.15, -0.1) is 0 Å². The summed E-state index contributed by atoms with van der Waals surface area (Å²) < 4.78 is 1.80. The number of benzene rings is 2. The average molecular weight is 435 g/mol. The lowest BCUT2D eigenvalue weighted by molar-refractivity contribution is 0.0695. The summed E-state index contributed by atoms with van der Waals surface area (Å²) >= 11 is 7.05. The summed E-state index contributed by atoms with van der Waals surface area (Å²) in [4.78, 5) is 13.1. The van der Waals surface area contributed by atoms with Crippen molar-refractivity contribution in [3.8, 4) is 0 Å². The Morgan fingerprint density at radius 1 is 1.11 bits per heavy atom. The fourth-order valence-electron chi connectivity index (χ4n) is 1.37. The smallest absolute Gasteiger partial charge is 0.336 e. The Morgan fingerprint density at radius 2 is 1.72 bits per heavy atom. The highest BCUT2D eigenvalue weighted by Crippen LogP contribution is 2.30. The first-order chi connectivity index (χ1) is 8.56. The highest BCUT2D eigenvalue weighted by atomic mass is 127. The molecule has 0 atom stereocenters. The van der Waals surface area contributed by atoms with Gasteiger partial charge in [-0.1, -0.05) is 27.7 Å². The maximum absolute atomic E-state index is 10.9. The van der Waals surface area contributed by atoms with Gasteiger partial charge < -0.3 is 5.11 Å². The van der Waals surface area contributed by atoms with Crippen LogP contribution in [0.1, 0.15) is 10.4 Å². The van der Waals surface area contributed by atoms with Crippen LogP contribution in [0.15, 0.2) is 56.7 Å². The van der Waals surface area contributed by atoms with E-state index in [2.05, 4.69) is 15.9 Å². The molecule has 2 nitrogen and oxygen atoms in total. The lowest BCUT2D eigenvalue weighted by atomic mass is 10.2. The predicted molar refractivity (Wildman–Crippen MR) is 84.4 cm³/mol. The van der Waals surface area contributed by atoms with E-state index in [0.29, 0.717) is 5.56 Å². The number of rotatable bonds is 3. The van der Waals surface area contributed by atoms with Crippen LogP contribution in [0.25, 0.3) is 0 Å². The molecule has 0 heterocycles. The maximum Gasteiger partial charge on any atom is 0.336 e. The van der Waals surface area contributed by atoms with Crippen molar-refractivity contribution in [2.45, 2.75) is 9.79 Å². The summed E-state index contributed by atoms with van der Waals surface area (Å²) in [6.07, 6.45) is 0. The van der Waals surface area contributed by atoms with Crippen LogP contribution in [-0.4, -0.2) is 11.1 Å². The summed E-state index contributed by atoms with van der Waals surface area (Å²) in [5.41, 5.74) is 0.343. The van der Waals surface area contributed by atoms with E-state index in [-0.39, 0.29) is 0 Å². The number of aromatic carboxylic acids is 1. The van der Waals surface area contributed by atoms with E-state index >= 15 is 0 Å². The van der Waals surface area contributed by atoms with Crippen molar-refractivity contribution in [3.05, 3.63) is 56.1 Å². The Kier molecular flexibility index (Phi) is 4.69. The Hall–Kier alpha value is -0.530. The van der Waals surface area contributed by atoms with Gasteiger partial charge in [0.15, 0.2) is 0 Å². The Balaban J connectivity index is 2.22. The predicted octanol–water partition coefficient (Wildman–Crippen LogP) is 4.90. The molecule has 0 aliphatic heterocycles. The van der Waals surface area contributed by atoms with Gasteiger partial charge in [-0.2, -0.15) is 0 Å². The molecule has 92 valence electrons. The van der Waals surface area contributed by atoms with Crippen molar-refractivity contribution in [2.75, 3.05) is 0 Å². The highest BCUT2D eigenvalue weighted by molar-refractivity contribution is 14.1. The zero-order chi connectivity index (χ0) is 13.1. The Bertz CT molecular complexity index is 584. The molecule has 2 rings (SSSR count). The minimum absolute atomic E-state index is 0.343. The Morgan fingerprint density at radius 3 is 2.28 bits per heavy atom. The fraction of sp³-hybridized carbons (Fsp3) is 0. The average Bonchev–Trinajstić information content (AvgIpc) is 2.32. The second kappa shape index (κ2) is 6.08. The lowest BCUT2D eigenvalue weighted by Gasteiger charge is -2.04. The third-order valence-corrected chi connectivity index (χ3v) is 4.64. The maximum atomic E-state index is 10.9. The lowest BCUT2D eigenvalue weighted by Crippen LogP contribution is -1.98. The van der Waals surface area contributed by atoms with Gasteiger partial charge in [0.25, 0.3) is 0 Å². The molecule has 18 heavy (non-hydrogen) atoms. The van der Waals surface area contributed by atoms with Gasteiger partial charge in [0.2, 0.25) is 0 Å². The van der Waals surface area contributed by atoms with Crippen LogP contribution >= 0.6 is 50.3 Å². The molecule has 0 fully saturated rings. The number of carboxylic acids is 1. The zero-order valence-corrected chi connectivity index (χ0v) is 13.6. The first-order valence-electron chi connectivity index (χ1n) is 5.02. The number of hydrogen-bond donors (Lipinski definition) is 1. The molecular formula is C13H8BrIO2S. The summed E-state index contributed by atoms with van der Waals surface area (Å²) in [7, 11) is 0. The van der Waals surface area contributed by atoms with E-state index in [1.807, 2.05) is 59.0 Å². The molecule has 0 radical (unpaired) electrons. The number of hydrogen-bond acceptors (Lipinski definition) is 2. The molecule has 0 saturated heterocycles. The van der Waals surface area contributed by atoms with Crippen molar-refractivity contribution in [1.82, 2.24) is 0 Å². The first-order valence-corrected chi connectivity index (χ1v) is 7.71. The third kappa shape index (κ3) is 3.49. The zero-order valence-electron chi connectivity index (χ0n) is 9.06. The third-order valence-electron chi connectivity index (χ3n) is 2.22. The minimum Gasteiger partial charge on any atom is -0.478 e. The van der Waals surface area contributed by atoms with Gasteiger partial charge in [0, 0.05) is 17.8 Å². The molecular weight excluding hydrogens is 427 g/mol. The summed E-state index contributed by atoms with van der Waals surface area (Å²) in [5.74, 6) is -0.889. The van der Waals surface area contributed by atoms with Crippen LogP contribution in [-0.2, 0) is 0 Å². The molecule has 0 aliphatic rings. The summed E-state index contributed by atoms with van der Waals surface area (Å²) in [6, 6.07) is 13.4. The highest BCUT2D eigenvalue weighted by Gasteiger charge is 2.08. The molecule has 2 aromatic rings. The Labute approximate surface area is 131 Å². The van der Waals surface area contributed by atoms with E-state index in [1.165, 1.54) is 0 Å². The van der Waals surface area contributed by atoms with Crippen LogP contribution in [0.4, 0.5) is 0 Å². The van der Waals surface area contributed by atoms with Gasteiger partial charge in [-0.3, -0.25) is 0 Å². The van der Waals surface area contributed by atoms with E-state index in [4.69, 9.17) is 5.11 Å². The second-order valence-corrected chi connectivity index (χ2v) is 6.73. The first kappa shape index (κ1) is 13.9. The molecule has 1 N–H and O–H groups in total. The monoisotopic (exact) mass is 434 g/mol. The van der Waals surface area contributed by atoms with E-state index < -0.39 is 5.97 Å². The minimum atomic E-state index is -0.889. The molecule has 0 aliphatic carbocycles. The molecule has 0 spiro atoms. The number of carboxylic acid groups (broad SMARTS) is 1. The number of carbonyl (C=O) groups is 1. The molecule has 0 saturated carbocycles. The van der Waals surface area contributed by atoms with Crippen molar-refractivity contribution in [1.29, 1.82) is 0 Å². The van der Waals surface area contributed by atoms with Crippen molar-refractivity contribution < 1.29 is 9.90 Å². The van der Waals surface area contributed by atoms with Gasteiger partial charge in [-0.25, -0.2) is 4.79 Å². The largest absolute Gasteiger partial charge is 0.478 e. The van der Waals surface area contributed by atoms with Crippen molar-refractivity contribution in [2.24, 2.45) is 0 Å². The fourth-order valence-corrected chi connectivity index (χ4v) is 3.45. The summed E-state index contributed by atoms with van der Waals surface area (Å²) in [5, 5.41) is 8.96. The van der Waals surface area contributed by atoms with Gasteiger partial charge >= 0.3 is 5.97 Å². The van der Waals surface area contributed by atoms with Crippen molar-refractivity contribution in [3.63, 3.8) is 0 Å². The molecule has 0 unspecified atom stereocenters. The quantitative estimate of drug-likeness (QED) is 0.698. The van der Waals surface area contributed by atoms with Crippen LogP contribution in [0.3, 0.4) is 0 Å². The van der Waals surface area contributed by atoms with Gasteiger partial charge in [0.05, 0.1) is 5.56 Å². The van der Waals surface area contributed by atoms with Crippen LogP contribution in [0.2, 0.25) is 0 Å².